The number of nitrogen functional groups attached to an aromatic ring is 1. The van der Waals surface area contributed by atoms with E-state index in [1.54, 1.807) is 6.07 Å². The number of hydrogen-bond donors (Lipinski definition) is 1. The zero-order valence-electron chi connectivity index (χ0n) is 9.96. The number of fused-ring (bicyclic) bond motifs is 1. The highest BCUT2D eigenvalue weighted by atomic mass is 16.6. The highest BCUT2D eigenvalue weighted by Gasteiger charge is 2.24. The zero-order valence-corrected chi connectivity index (χ0v) is 9.96. The summed E-state index contributed by atoms with van der Waals surface area (Å²) in [5.74, 6) is 2.45. The molecule has 1 aromatic heterocycles. The summed E-state index contributed by atoms with van der Waals surface area (Å²) < 4.78 is 11.4. The van der Waals surface area contributed by atoms with Crippen molar-refractivity contribution in [3.8, 4) is 11.5 Å². The minimum atomic E-state index is -0.318. The van der Waals surface area contributed by atoms with Crippen molar-refractivity contribution in [3.05, 3.63) is 41.9 Å². The van der Waals surface area contributed by atoms with Crippen LogP contribution < -0.4 is 15.2 Å². The highest BCUT2D eigenvalue weighted by Crippen LogP contribution is 2.35. The molecule has 0 saturated heterocycles. The van der Waals surface area contributed by atoms with E-state index in [-0.39, 0.29) is 6.10 Å². The zero-order chi connectivity index (χ0) is 12.5. The van der Waals surface area contributed by atoms with Crippen LogP contribution in [0.4, 0.5) is 5.82 Å². The smallest absolute Gasteiger partial charge is 0.192 e. The Morgan fingerprint density at radius 3 is 2.78 bits per heavy atom. The SMILES string of the molecule is Cc1cc(N)nc(C2COc3ccccc3O2)n1. The Kier molecular flexibility index (Phi) is 2.51. The van der Waals surface area contributed by atoms with Gasteiger partial charge >= 0.3 is 0 Å². The fourth-order valence-corrected chi connectivity index (χ4v) is 1.91. The van der Waals surface area contributed by atoms with Crippen LogP contribution in [0.25, 0.3) is 0 Å². The first-order valence-corrected chi connectivity index (χ1v) is 5.72. The number of anilines is 1. The molecule has 0 spiro atoms. The second-order valence-electron chi connectivity index (χ2n) is 4.16. The van der Waals surface area contributed by atoms with E-state index in [4.69, 9.17) is 15.2 Å². The van der Waals surface area contributed by atoms with Gasteiger partial charge in [0, 0.05) is 11.8 Å². The van der Waals surface area contributed by atoms with Gasteiger partial charge in [0.15, 0.2) is 23.4 Å². The van der Waals surface area contributed by atoms with Crippen molar-refractivity contribution in [2.45, 2.75) is 13.0 Å². The van der Waals surface area contributed by atoms with E-state index in [2.05, 4.69) is 9.97 Å². The van der Waals surface area contributed by atoms with Gasteiger partial charge in [0.2, 0.25) is 0 Å². The minimum Gasteiger partial charge on any atom is -0.485 e. The lowest BCUT2D eigenvalue weighted by Gasteiger charge is -2.25. The number of benzene rings is 1. The van der Waals surface area contributed by atoms with E-state index in [1.807, 2.05) is 31.2 Å². The van der Waals surface area contributed by atoms with E-state index in [0.717, 1.165) is 11.4 Å². The first-order chi connectivity index (χ1) is 8.72. The Hall–Kier alpha value is -2.30. The van der Waals surface area contributed by atoms with Gasteiger partial charge in [0.05, 0.1) is 0 Å². The van der Waals surface area contributed by atoms with E-state index in [1.165, 1.54) is 0 Å². The molecule has 0 aliphatic carbocycles. The lowest BCUT2D eigenvalue weighted by molar-refractivity contribution is 0.0850. The minimum absolute atomic E-state index is 0.318. The van der Waals surface area contributed by atoms with Crippen LogP contribution in [0.3, 0.4) is 0 Å². The second-order valence-corrected chi connectivity index (χ2v) is 4.16. The number of nitrogens with two attached hydrogens (primary N) is 1. The van der Waals surface area contributed by atoms with Gasteiger partial charge in [-0.2, -0.15) is 0 Å². The van der Waals surface area contributed by atoms with Gasteiger partial charge in [-0.25, -0.2) is 9.97 Å². The second kappa shape index (κ2) is 4.18. The van der Waals surface area contributed by atoms with E-state index in [9.17, 15) is 0 Å². The van der Waals surface area contributed by atoms with Gasteiger partial charge in [-0.1, -0.05) is 12.1 Å². The van der Waals surface area contributed by atoms with Crippen molar-refractivity contribution in [1.82, 2.24) is 9.97 Å². The predicted molar refractivity (Wildman–Crippen MR) is 66.5 cm³/mol. The fraction of sp³-hybridized carbons (Fsp3) is 0.231. The molecule has 0 amide bonds. The molecule has 2 heterocycles. The van der Waals surface area contributed by atoms with Crippen molar-refractivity contribution < 1.29 is 9.47 Å². The van der Waals surface area contributed by atoms with E-state index >= 15 is 0 Å². The van der Waals surface area contributed by atoms with Crippen molar-refractivity contribution in [2.24, 2.45) is 0 Å². The number of hydrogen-bond acceptors (Lipinski definition) is 5. The molecule has 1 unspecified atom stereocenters. The average Bonchev–Trinajstić information content (AvgIpc) is 2.37. The maximum atomic E-state index is 5.82. The van der Waals surface area contributed by atoms with Crippen LogP contribution in [-0.4, -0.2) is 16.6 Å². The molecule has 1 aliphatic rings. The maximum Gasteiger partial charge on any atom is 0.192 e. The average molecular weight is 243 g/mol. The molecule has 92 valence electrons. The first-order valence-electron chi connectivity index (χ1n) is 5.72. The van der Waals surface area contributed by atoms with Gasteiger partial charge < -0.3 is 15.2 Å². The van der Waals surface area contributed by atoms with E-state index in [0.29, 0.717) is 24.0 Å². The summed E-state index contributed by atoms with van der Waals surface area (Å²) in [5, 5.41) is 0. The molecule has 1 aromatic carbocycles. The Morgan fingerprint density at radius 2 is 2.00 bits per heavy atom. The van der Waals surface area contributed by atoms with Crippen LogP contribution >= 0.6 is 0 Å². The number of rotatable bonds is 1. The quantitative estimate of drug-likeness (QED) is 0.828. The molecule has 0 fully saturated rings. The van der Waals surface area contributed by atoms with E-state index < -0.39 is 0 Å². The topological polar surface area (TPSA) is 70.3 Å². The van der Waals surface area contributed by atoms with Gasteiger partial charge in [-0.3, -0.25) is 0 Å². The van der Waals surface area contributed by atoms with Gasteiger partial charge in [0.25, 0.3) is 0 Å². The lowest BCUT2D eigenvalue weighted by atomic mass is 10.2. The summed E-state index contributed by atoms with van der Waals surface area (Å²) >= 11 is 0. The molecule has 2 aromatic rings. The van der Waals surface area contributed by atoms with Crippen molar-refractivity contribution in [2.75, 3.05) is 12.3 Å². The number of para-hydroxylation sites is 2. The molecule has 2 N–H and O–H groups in total. The summed E-state index contributed by atoms with van der Waals surface area (Å²) in [6.07, 6.45) is -0.318. The Balaban J connectivity index is 1.91. The van der Waals surface area contributed by atoms with Crippen molar-refractivity contribution in [1.29, 1.82) is 0 Å². The highest BCUT2D eigenvalue weighted by molar-refractivity contribution is 5.41. The Bertz CT molecular complexity index is 566. The molecule has 0 saturated carbocycles. The van der Waals surface area contributed by atoms with Crippen LogP contribution in [0.1, 0.15) is 17.6 Å². The fourth-order valence-electron chi connectivity index (χ4n) is 1.91. The maximum absolute atomic E-state index is 5.82. The number of aromatic nitrogens is 2. The molecule has 0 radical (unpaired) electrons. The summed E-state index contributed by atoms with van der Waals surface area (Å²) in [5.41, 5.74) is 6.53. The molecule has 0 bridgehead atoms. The van der Waals surface area contributed by atoms with Gasteiger partial charge in [-0.15, -0.1) is 0 Å². The molecule has 1 aliphatic heterocycles. The van der Waals surface area contributed by atoms with Crippen LogP contribution in [0.5, 0.6) is 11.5 Å². The molecule has 18 heavy (non-hydrogen) atoms. The number of nitrogens with zero attached hydrogens (tertiary/aromatic N) is 2. The largest absolute Gasteiger partial charge is 0.485 e. The molecule has 1 atom stereocenters. The molecular formula is C13H13N3O2. The van der Waals surface area contributed by atoms with Crippen LogP contribution in [0.15, 0.2) is 30.3 Å². The summed E-state index contributed by atoms with van der Waals surface area (Å²) in [6.45, 7) is 2.26. The Labute approximate surface area is 105 Å². The molecule has 5 heteroatoms. The number of ether oxygens (including phenoxy) is 2. The van der Waals surface area contributed by atoms with Crippen LogP contribution in [0, 0.1) is 6.92 Å². The number of aryl methyl sites for hydroxylation is 1. The third-order valence-corrected chi connectivity index (χ3v) is 2.69. The van der Waals surface area contributed by atoms with Crippen molar-refractivity contribution >= 4 is 5.82 Å². The molecule has 5 nitrogen and oxygen atoms in total. The molecular weight excluding hydrogens is 230 g/mol. The van der Waals surface area contributed by atoms with Gasteiger partial charge in [-0.05, 0) is 19.1 Å². The van der Waals surface area contributed by atoms with Crippen LogP contribution in [0.2, 0.25) is 0 Å². The lowest BCUT2D eigenvalue weighted by Crippen LogP contribution is -2.24. The standard InChI is InChI=1S/C13H13N3O2/c1-8-6-12(14)16-13(15-8)11-7-17-9-4-2-3-5-10(9)18-11/h2-6,11H,7H2,1H3,(H2,14,15,16). The molecule has 3 rings (SSSR count). The Morgan fingerprint density at radius 1 is 1.22 bits per heavy atom. The third-order valence-electron chi connectivity index (χ3n) is 2.69. The van der Waals surface area contributed by atoms with Crippen LogP contribution in [-0.2, 0) is 0 Å². The first kappa shape index (κ1) is 10.8. The summed E-state index contributed by atoms with van der Waals surface area (Å²) in [6, 6.07) is 9.26. The third kappa shape index (κ3) is 1.95. The normalized spacial score (nSPS) is 17.5. The monoisotopic (exact) mass is 243 g/mol. The summed E-state index contributed by atoms with van der Waals surface area (Å²) in [7, 11) is 0. The summed E-state index contributed by atoms with van der Waals surface area (Å²) in [4.78, 5) is 8.53. The van der Waals surface area contributed by atoms with Gasteiger partial charge in [0.1, 0.15) is 12.4 Å². The van der Waals surface area contributed by atoms with Crippen molar-refractivity contribution in [3.63, 3.8) is 0 Å². The predicted octanol–water partition coefficient (Wildman–Crippen LogP) is 1.88.